The van der Waals surface area contributed by atoms with Gasteiger partial charge in [0.1, 0.15) is 0 Å². The highest BCUT2D eigenvalue weighted by Gasteiger charge is 2.02. The predicted molar refractivity (Wildman–Crippen MR) is 51.2 cm³/mol. The van der Waals surface area contributed by atoms with E-state index in [-0.39, 0.29) is 0 Å². The number of rotatable bonds is 6. The molecule has 0 radical (unpaired) electrons. The van der Waals surface area contributed by atoms with Crippen molar-refractivity contribution >= 4 is 0 Å². The minimum Gasteiger partial charge on any atom is -0.389 e. The molecule has 74 valence electrons. The molecule has 1 atom stereocenters. The zero-order valence-corrected chi connectivity index (χ0v) is 7.81. The molecule has 0 aromatic carbocycles. The Balaban J connectivity index is 2.11. The molecule has 0 saturated heterocycles. The summed E-state index contributed by atoms with van der Waals surface area (Å²) in [4.78, 5) is 0. The molecule has 2 N–H and O–H groups in total. The van der Waals surface area contributed by atoms with E-state index in [0.29, 0.717) is 19.8 Å². The molecule has 1 rings (SSSR count). The van der Waals surface area contributed by atoms with Crippen molar-refractivity contribution in [3.63, 3.8) is 0 Å². The van der Waals surface area contributed by atoms with Gasteiger partial charge in [-0.1, -0.05) is 0 Å². The zero-order valence-electron chi connectivity index (χ0n) is 7.81. The number of hydrogen-bond donors (Lipinski definition) is 2. The lowest BCUT2D eigenvalue weighted by Gasteiger charge is -2.12. The molecule has 0 aliphatic rings. The smallest absolute Gasteiger partial charge is 0.0961 e. The third-order valence-corrected chi connectivity index (χ3v) is 1.63. The maximum atomic E-state index is 9.38. The molecule has 0 spiro atoms. The first kappa shape index (κ1) is 10.1. The van der Waals surface area contributed by atoms with Crippen LogP contribution in [0.5, 0.6) is 0 Å². The minimum absolute atomic E-state index is 0.380. The van der Waals surface area contributed by atoms with Crippen LogP contribution in [0.4, 0.5) is 0 Å². The maximum Gasteiger partial charge on any atom is 0.0961 e. The summed E-state index contributed by atoms with van der Waals surface area (Å²) in [6.45, 7) is 3.42. The van der Waals surface area contributed by atoms with Crippen molar-refractivity contribution in [3.05, 3.63) is 24.5 Å². The van der Waals surface area contributed by atoms with Gasteiger partial charge in [0.25, 0.3) is 0 Å². The molecular weight excluding hydrogens is 168 g/mol. The highest BCUT2D eigenvalue weighted by Crippen LogP contribution is 1.88. The number of aromatic nitrogens is 1. The van der Waals surface area contributed by atoms with Crippen molar-refractivity contribution in [2.45, 2.75) is 13.0 Å². The minimum atomic E-state index is -0.456. The fourth-order valence-corrected chi connectivity index (χ4v) is 0.964. The van der Waals surface area contributed by atoms with E-state index >= 15 is 0 Å². The molecule has 4 nitrogen and oxygen atoms in total. The lowest BCUT2D eigenvalue weighted by atomic mass is 10.4. The monoisotopic (exact) mass is 184 g/mol. The molecule has 4 heteroatoms. The Labute approximate surface area is 78.1 Å². The van der Waals surface area contributed by atoms with Crippen LogP contribution < -0.4 is 5.43 Å². The number of nitrogens with zero attached hydrogens (tertiary/aromatic N) is 1. The summed E-state index contributed by atoms with van der Waals surface area (Å²) in [6, 6.07) is 3.84. The highest BCUT2D eigenvalue weighted by molar-refractivity contribution is 4.93. The first-order chi connectivity index (χ1) is 6.33. The lowest BCUT2D eigenvalue weighted by Crippen LogP contribution is -2.28. The van der Waals surface area contributed by atoms with Gasteiger partial charge >= 0.3 is 0 Å². The van der Waals surface area contributed by atoms with E-state index in [1.807, 2.05) is 31.5 Å². The Morgan fingerprint density at radius 3 is 2.77 bits per heavy atom. The Morgan fingerprint density at radius 2 is 2.15 bits per heavy atom. The second-order valence-corrected chi connectivity index (χ2v) is 2.77. The predicted octanol–water partition coefficient (Wildman–Crippen LogP) is 0.429. The van der Waals surface area contributed by atoms with Crippen LogP contribution in [0, 0.1) is 0 Å². The van der Waals surface area contributed by atoms with Gasteiger partial charge in [0.15, 0.2) is 0 Å². The summed E-state index contributed by atoms with van der Waals surface area (Å²) in [6.07, 6.45) is 3.31. The lowest BCUT2D eigenvalue weighted by molar-refractivity contribution is 0.0483. The molecule has 13 heavy (non-hydrogen) atoms. The number of ether oxygens (including phenoxy) is 1. The Morgan fingerprint density at radius 1 is 1.46 bits per heavy atom. The van der Waals surface area contributed by atoms with Crippen molar-refractivity contribution in [2.24, 2.45) is 0 Å². The summed E-state index contributed by atoms with van der Waals surface area (Å²) in [7, 11) is 0. The Kier molecular flexibility index (Phi) is 4.35. The van der Waals surface area contributed by atoms with Gasteiger partial charge in [-0.15, -0.1) is 0 Å². The molecule has 1 aromatic heterocycles. The normalized spacial score (nSPS) is 12.8. The van der Waals surface area contributed by atoms with Crippen LogP contribution in [0.1, 0.15) is 6.92 Å². The van der Waals surface area contributed by atoms with E-state index in [1.165, 1.54) is 0 Å². The van der Waals surface area contributed by atoms with Crippen LogP contribution in [-0.2, 0) is 4.74 Å². The van der Waals surface area contributed by atoms with Crippen LogP contribution in [0.15, 0.2) is 24.5 Å². The van der Waals surface area contributed by atoms with E-state index in [0.717, 1.165) is 0 Å². The molecule has 0 aliphatic heterocycles. The molecule has 0 aliphatic carbocycles. The molecule has 0 bridgehead atoms. The standard InChI is InChI=1S/C9H16N2O2/c1-2-13-8-9(12)7-10-11-5-3-4-6-11/h3-6,9-10,12H,2,7-8H2,1H3. The van der Waals surface area contributed by atoms with E-state index in [1.54, 1.807) is 4.68 Å². The fraction of sp³-hybridized carbons (Fsp3) is 0.556. The van der Waals surface area contributed by atoms with E-state index < -0.39 is 6.10 Å². The first-order valence-electron chi connectivity index (χ1n) is 4.45. The van der Waals surface area contributed by atoms with E-state index in [9.17, 15) is 5.11 Å². The van der Waals surface area contributed by atoms with E-state index in [4.69, 9.17) is 4.74 Å². The van der Waals surface area contributed by atoms with Gasteiger partial charge < -0.3 is 15.3 Å². The second kappa shape index (κ2) is 5.61. The zero-order chi connectivity index (χ0) is 9.52. The average molecular weight is 184 g/mol. The third-order valence-electron chi connectivity index (χ3n) is 1.63. The molecule has 1 unspecified atom stereocenters. The topological polar surface area (TPSA) is 46.4 Å². The van der Waals surface area contributed by atoms with Gasteiger partial charge in [0, 0.05) is 19.0 Å². The summed E-state index contributed by atoms with van der Waals surface area (Å²) in [5, 5.41) is 9.38. The number of aliphatic hydroxyl groups excluding tert-OH is 1. The van der Waals surface area contributed by atoms with Crippen LogP contribution in [0.25, 0.3) is 0 Å². The highest BCUT2D eigenvalue weighted by atomic mass is 16.5. The fourth-order valence-electron chi connectivity index (χ4n) is 0.964. The molecule has 0 fully saturated rings. The Hall–Kier alpha value is -1.00. The van der Waals surface area contributed by atoms with Crippen molar-refractivity contribution in [2.75, 3.05) is 25.2 Å². The average Bonchev–Trinajstić information content (AvgIpc) is 2.64. The van der Waals surface area contributed by atoms with Gasteiger partial charge in [-0.2, -0.15) is 0 Å². The number of nitrogens with one attached hydrogen (secondary N) is 1. The SMILES string of the molecule is CCOCC(O)CNn1cccc1. The summed E-state index contributed by atoms with van der Waals surface area (Å²) in [5.41, 5.74) is 3.02. The van der Waals surface area contributed by atoms with Gasteiger partial charge in [0.2, 0.25) is 0 Å². The Bertz CT molecular complexity index is 211. The van der Waals surface area contributed by atoms with Gasteiger partial charge in [-0.25, -0.2) is 0 Å². The van der Waals surface area contributed by atoms with E-state index in [2.05, 4.69) is 5.43 Å². The molecule has 1 heterocycles. The van der Waals surface area contributed by atoms with Crippen LogP contribution in [0.3, 0.4) is 0 Å². The largest absolute Gasteiger partial charge is 0.389 e. The van der Waals surface area contributed by atoms with Crippen LogP contribution in [-0.4, -0.2) is 35.6 Å². The van der Waals surface area contributed by atoms with Crippen molar-refractivity contribution in [1.29, 1.82) is 0 Å². The second-order valence-electron chi connectivity index (χ2n) is 2.77. The van der Waals surface area contributed by atoms with Crippen molar-refractivity contribution < 1.29 is 9.84 Å². The molecule has 1 aromatic rings. The van der Waals surface area contributed by atoms with Crippen LogP contribution >= 0.6 is 0 Å². The van der Waals surface area contributed by atoms with Gasteiger partial charge in [-0.3, -0.25) is 4.68 Å². The first-order valence-corrected chi connectivity index (χ1v) is 4.45. The van der Waals surface area contributed by atoms with Gasteiger partial charge in [0.05, 0.1) is 19.3 Å². The quantitative estimate of drug-likeness (QED) is 0.674. The van der Waals surface area contributed by atoms with Crippen molar-refractivity contribution in [3.8, 4) is 0 Å². The maximum absolute atomic E-state index is 9.38. The number of hydrogen-bond acceptors (Lipinski definition) is 3. The molecular formula is C9H16N2O2. The molecule has 0 amide bonds. The molecule has 0 saturated carbocycles. The summed E-state index contributed by atoms with van der Waals surface area (Å²) < 4.78 is 6.87. The number of aliphatic hydroxyl groups is 1. The summed E-state index contributed by atoms with van der Waals surface area (Å²) >= 11 is 0. The van der Waals surface area contributed by atoms with Gasteiger partial charge in [-0.05, 0) is 19.1 Å². The summed E-state index contributed by atoms with van der Waals surface area (Å²) in [5.74, 6) is 0. The van der Waals surface area contributed by atoms with Crippen LogP contribution in [0.2, 0.25) is 0 Å². The van der Waals surface area contributed by atoms with Crippen molar-refractivity contribution in [1.82, 2.24) is 4.68 Å². The third kappa shape index (κ3) is 3.96.